The van der Waals surface area contributed by atoms with Gasteiger partial charge in [0.25, 0.3) is 6.29 Å². The van der Waals surface area contributed by atoms with Crippen LogP contribution in [0.1, 0.15) is 540 Å². The van der Waals surface area contributed by atoms with Crippen molar-refractivity contribution < 1.29 is 42.9 Å². The van der Waals surface area contributed by atoms with Gasteiger partial charge in [-0.25, -0.2) is 4.79 Å². The number of carboxylic acids is 1. The Labute approximate surface area is 669 Å². The standard InChI is InChI=1S/C98H191NO8/c1-6-8-10-12-14-16-18-20-22-24-26-28-30-32-34-36-38-40-42-44-46-48-50-52-54-56-58-60-62-64-66-68-70-72-74-76-78-80-82-84-86-88-95(100)105-92-94(93-106-98(97(102)103)104-91-90-99(3,4)5)107-96(101)89-87-85-83-81-79-77-75-73-71-69-67-65-63-61-59-57-55-53-51-49-47-45-43-41-39-37-35-33-31-29-27-25-23-21-19-17-15-13-11-9-7-2/h25,27,94,98H,6-24,26,28-93H2,1-5H3/p+1/b27-25-. The lowest BCUT2D eigenvalue weighted by Gasteiger charge is -2.25. The summed E-state index contributed by atoms with van der Waals surface area (Å²) in [4.78, 5) is 37.9. The van der Waals surface area contributed by atoms with Gasteiger partial charge in [-0.3, -0.25) is 9.59 Å². The van der Waals surface area contributed by atoms with Gasteiger partial charge in [-0.15, -0.1) is 0 Å². The van der Waals surface area contributed by atoms with Crippen molar-refractivity contribution in [1.29, 1.82) is 0 Å². The Morgan fingerprint density at radius 3 is 0.692 bits per heavy atom. The summed E-state index contributed by atoms with van der Waals surface area (Å²) >= 11 is 0. The van der Waals surface area contributed by atoms with Crippen molar-refractivity contribution in [3.8, 4) is 0 Å². The van der Waals surface area contributed by atoms with Gasteiger partial charge in [-0.1, -0.05) is 501 Å². The minimum Gasteiger partial charge on any atom is -0.477 e. The maximum absolute atomic E-state index is 13.0. The first-order valence-electron chi connectivity index (χ1n) is 48.9. The molecule has 0 saturated heterocycles. The maximum Gasteiger partial charge on any atom is 0.361 e. The molecule has 9 nitrogen and oxygen atoms in total. The van der Waals surface area contributed by atoms with E-state index >= 15 is 0 Å². The zero-order valence-electron chi connectivity index (χ0n) is 73.4. The molecule has 0 aliphatic rings. The van der Waals surface area contributed by atoms with Crippen LogP contribution in [0.2, 0.25) is 0 Å². The SMILES string of the molecule is CCCCCCCCCC/C=C\CCCCCCCCCCCCCCCCCCCCCCCCCCCCCCCC(=O)OC(COC(=O)CCCCCCCCCCCCCCCCCCCCCCCCCCCCCCCCCCCCCCCCCCC)COC(OCC[N+](C)(C)C)C(=O)O. The van der Waals surface area contributed by atoms with Crippen LogP contribution in [0.5, 0.6) is 0 Å². The van der Waals surface area contributed by atoms with E-state index in [1.54, 1.807) is 0 Å². The number of nitrogens with zero attached hydrogens (tertiary/aromatic N) is 1. The number of allylic oxidation sites excluding steroid dienone is 2. The van der Waals surface area contributed by atoms with E-state index in [4.69, 9.17) is 18.9 Å². The molecule has 0 heterocycles. The normalized spacial score (nSPS) is 12.5. The second-order valence-electron chi connectivity index (χ2n) is 35.1. The van der Waals surface area contributed by atoms with E-state index in [2.05, 4.69) is 26.0 Å². The largest absolute Gasteiger partial charge is 0.477 e. The Kier molecular flexibility index (Phi) is 87.9. The molecular formula is C98H192NO8+. The van der Waals surface area contributed by atoms with Gasteiger partial charge in [0.2, 0.25) is 0 Å². The number of carboxylic acid groups (broad SMARTS) is 1. The molecule has 2 unspecified atom stereocenters. The number of hydrogen-bond acceptors (Lipinski definition) is 7. The molecule has 0 aliphatic heterocycles. The van der Waals surface area contributed by atoms with Crippen LogP contribution in [-0.4, -0.2) is 87.4 Å². The van der Waals surface area contributed by atoms with Gasteiger partial charge < -0.3 is 28.5 Å². The van der Waals surface area contributed by atoms with Crippen LogP contribution in [0.4, 0.5) is 0 Å². The molecule has 9 heteroatoms. The summed E-state index contributed by atoms with van der Waals surface area (Å²) in [5.74, 6) is -1.96. The van der Waals surface area contributed by atoms with Gasteiger partial charge in [0.1, 0.15) is 13.2 Å². The number of rotatable bonds is 94. The van der Waals surface area contributed by atoms with E-state index in [-0.39, 0.29) is 38.2 Å². The molecule has 0 radical (unpaired) electrons. The smallest absolute Gasteiger partial charge is 0.361 e. The van der Waals surface area contributed by atoms with Crippen molar-refractivity contribution in [3.05, 3.63) is 12.2 Å². The predicted molar refractivity (Wildman–Crippen MR) is 466 cm³/mol. The summed E-state index contributed by atoms with van der Waals surface area (Å²) in [5.41, 5.74) is 0. The topological polar surface area (TPSA) is 108 Å². The molecule has 636 valence electrons. The lowest BCUT2D eigenvalue weighted by Crippen LogP contribution is -2.40. The fraction of sp³-hybridized carbons (Fsp3) is 0.949. The quantitative estimate of drug-likeness (QED) is 0.0211. The van der Waals surface area contributed by atoms with Crippen LogP contribution in [-0.2, 0) is 33.3 Å². The number of likely N-dealkylation sites (N-methyl/N-ethyl adjacent to an activating group) is 1. The zero-order chi connectivity index (χ0) is 77.4. The summed E-state index contributed by atoms with van der Waals surface area (Å²) < 4.78 is 23.1. The lowest BCUT2D eigenvalue weighted by atomic mass is 10.0. The first-order chi connectivity index (χ1) is 52.6. The molecule has 0 rings (SSSR count). The third kappa shape index (κ3) is 91.1. The first-order valence-corrected chi connectivity index (χ1v) is 48.9. The highest BCUT2D eigenvalue weighted by Crippen LogP contribution is 2.22. The fourth-order valence-electron chi connectivity index (χ4n) is 15.6. The van der Waals surface area contributed by atoms with Gasteiger partial charge in [0, 0.05) is 12.8 Å². The van der Waals surface area contributed by atoms with Crippen molar-refractivity contribution in [2.75, 3.05) is 47.5 Å². The minimum absolute atomic E-state index is 0.172. The lowest BCUT2D eigenvalue weighted by molar-refractivity contribution is -0.870. The Bertz CT molecular complexity index is 1770. The van der Waals surface area contributed by atoms with Gasteiger partial charge >= 0.3 is 17.9 Å². The van der Waals surface area contributed by atoms with Crippen molar-refractivity contribution in [3.63, 3.8) is 0 Å². The number of carbonyl (C=O) groups is 3. The third-order valence-corrected chi connectivity index (χ3v) is 23.0. The molecule has 0 aromatic carbocycles. The second-order valence-corrected chi connectivity index (χ2v) is 35.1. The number of ether oxygens (including phenoxy) is 4. The summed E-state index contributed by atoms with van der Waals surface area (Å²) in [6.45, 7) is 4.99. The Hall–Kier alpha value is -1.97. The summed E-state index contributed by atoms with van der Waals surface area (Å²) in [5, 5.41) is 9.81. The van der Waals surface area contributed by atoms with Crippen molar-refractivity contribution in [1.82, 2.24) is 0 Å². The van der Waals surface area contributed by atoms with Gasteiger partial charge in [-0.05, 0) is 38.5 Å². The van der Waals surface area contributed by atoms with Crippen molar-refractivity contribution in [2.45, 2.75) is 553 Å². The fourth-order valence-corrected chi connectivity index (χ4v) is 15.6. The Balaban J connectivity index is 3.83. The Morgan fingerprint density at radius 2 is 0.477 bits per heavy atom. The highest BCUT2D eigenvalue weighted by Gasteiger charge is 2.25. The predicted octanol–water partition coefficient (Wildman–Crippen LogP) is 32.2. The zero-order valence-corrected chi connectivity index (χ0v) is 73.4. The van der Waals surface area contributed by atoms with E-state index in [0.29, 0.717) is 17.4 Å². The maximum atomic E-state index is 13.0. The number of hydrogen-bond donors (Lipinski definition) is 1. The summed E-state index contributed by atoms with van der Waals surface area (Å²) in [6.07, 6.45) is 113. The molecule has 0 aromatic heterocycles. The summed E-state index contributed by atoms with van der Waals surface area (Å²) in [7, 11) is 6.01. The van der Waals surface area contributed by atoms with E-state index in [1.807, 2.05) is 21.1 Å². The molecule has 0 saturated carbocycles. The number of quaternary nitrogens is 1. The molecule has 0 spiro atoms. The molecule has 0 aromatic rings. The van der Waals surface area contributed by atoms with Crippen molar-refractivity contribution in [2.24, 2.45) is 0 Å². The molecule has 0 fully saturated rings. The van der Waals surface area contributed by atoms with Crippen LogP contribution in [0.25, 0.3) is 0 Å². The molecule has 107 heavy (non-hydrogen) atoms. The molecule has 0 bridgehead atoms. The van der Waals surface area contributed by atoms with Crippen LogP contribution < -0.4 is 0 Å². The van der Waals surface area contributed by atoms with E-state index in [0.717, 1.165) is 38.5 Å². The average molecular weight is 1510 g/mol. The van der Waals surface area contributed by atoms with E-state index in [9.17, 15) is 19.5 Å². The molecule has 0 aliphatic carbocycles. The van der Waals surface area contributed by atoms with E-state index in [1.165, 1.54) is 475 Å². The highest BCUT2D eigenvalue weighted by atomic mass is 16.7. The van der Waals surface area contributed by atoms with Gasteiger partial charge in [0.15, 0.2) is 6.10 Å². The molecule has 2 atom stereocenters. The second kappa shape index (κ2) is 89.6. The monoisotopic (exact) mass is 1510 g/mol. The average Bonchev–Trinajstić information content (AvgIpc) is 0.965. The third-order valence-electron chi connectivity index (χ3n) is 23.0. The number of aliphatic carboxylic acids is 1. The number of carbonyl (C=O) groups excluding carboxylic acids is 2. The summed E-state index contributed by atoms with van der Waals surface area (Å²) in [6, 6.07) is 0. The van der Waals surface area contributed by atoms with Gasteiger partial charge in [-0.2, -0.15) is 0 Å². The van der Waals surface area contributed by atoms with E-state index < -0.39 is 18.4 Å². The van der Waals surface area contributed by atoms with Crippen LogP contribution in [0, 0.1) is 0 Å². The first kappa shape index (κ1) is 105. The Morgan fingerprint density at radius 1 is 0.271 bits per heavy atom. The molecular weight excluding hydrogens is 1320 g/mol. The van der Waals surface area contributed by atoms with Crippen LogP contribution in [0.3, 0.4) is 0 Å². The number of unbranched alkanes of at least 4 members (excludes halogenated alkanes) is 77. The minimum atomic E-state index is -1.51. The highest BCUT2D eigenvalue weighted by molar-refractivity contribution is 5.71. The molecule has 0 amide bonds. The van der Waals surface area contributed by atoms with Crippen LogP contribution in [0.15, 0.2) is 12.2 Å². The number of esters is 2. The van der Waals surface area contributed by atoms with Gasteiger partial charge in [0.05, 0.1) is 34.4 Å². The van der Waals surface area contributed by atoms with Crippen molar-refractivity contribution >= 4 is 17.9 Å². The molecule has 1 N–H and O–H groups in total. The van der Waals surface area contributed by atoms with Crippen LogP contribution >= 0.6 is 0 Å².